The lowest BCUT2D eigenvalue weighted by Crippen LogP contribution is -2.45. The van der Waals surface area contributed by atoms with Gasteiger partial charge in [-0.2, -0.15) is 17.6 Å². The Kier molecular flexibility index (Phi) is 7.29. The molecule has 0 amide bonds. The molecule has 1 unspecified atom stereocenters. The number of carbonyl (C=O) groups is 2. The van der Waals surface area contributed by atoms with Crippen LogP contribution < -0.4 is 0 Å². The van der Waals surface area contributed by atoms with Gasteiger partial charge in [-0.1, -0.05) is 25.8 Å². The van der Waals surface area contributed by atoms with E-state index in [-0.39, 0.29) is 5.57 Å². The molecule has 132 valence electrons. The zero-order valence-electron chi connectivity index (χ0n) is 12.4. The molecule has 0 aliphatic rings. The summed E-state index contributed by atoms with van der Waals surface area (Å²) < 4.78 is 65.1. The first-order chi connectivity index (χ1) is 10.3. The fraction of sp³-hybridized carbons (Fsp3) is 0.538. The highest BCUT2D eigenvalue weighted by molar-refractivity contribution is 7.81. The molecule has 0 aliphatic carbocycles. The molecule has 0 bridgehead atoms. The van der Waals surface area contributed by atoms with E-state index in [1.165, 1.54) is 6.92 Å². The minimum absolute atomic E-state index is 0.113. The maximum absolute atomic E-state index is 13.1. The molecule has 0 aromatic carbocycles. The fourth-order valence-electron chi connectivity index (χ4n) is 1.10. The molecule has 10 heteroatoms. The minimum Gasteiger partial charge on any atom is -0.430 e. The fourth-order valence-corrected chi connectivity index (χ4v) is 1.21. The van der Waals surface area contributed by atoms with Gasteiger partial charge in [0.05, 0.1) is 12.9 Å². The Morgan fingerprint density at radius 3 is 2.17 bits per heavy atom. The highest BCUT2D eigenvalue weighted by Gasteiger charge is 2.53. The molecule has 1 atom stereocenters. The first-order valence-electron chi connectivity index (χ1n) is 6.09. The van der Waals surface area contributed by atoms with Crippen molar-refractivity contribution >= 4 is 24.6 Å². The van der Waals surface area contributed by atoms with Crippen LogP contribution >= 0.6 is 12.6 Å². The molecular formula is C13H16F4O5S. The summed E-state index contributed by atoms with van der Waals surface area (Å²) in [5.41, 5.74) is -0.113. The Hall–Kier alpha value is -1.55. The molecule has 0 aliphatic heterocycles. The van der Waals surface area contributed by atoms with Crippen LogP contribution in [0.25, 0.3) is 0 Å². The summed E-state index contributed by atoms with van der Waals surface area (Å²) in [5.74, 6) is -9.30. The standard InChI is InChI=1S/C13H16F4O5S/c1-5-20-10(19)11(4,22-9(18)8(2)3)21-7-6-12(14,15)13(16,17)23/h5,23H,1-2,6-7H2,3-4H3. The van der Waals surface area contributed by atoms with Crippen LogP contribution in [0.15, 0.2) is 25.0 Å². The van der Waals surface area contributed by atoms with E-state index in [0.717, 1.165) is 6.92 Å². The third-order valence-electron chi connectivity index (χ3n) is 2.43. The van der Waals surface area contributed by atoms with Crippen LogP contribution in [0.1, 0.15) is 20.3 Å². The number of thiol groups is 1. The molecule has 0 fully saturated rings. The highest BCUT2D eigenvalue weighted by Crippen LogP contribution is 2.40. The molecule has 0 aromatic heterocycles. The van der Waals surface area contributed by atoms with Crippen molar-refractivity contribution in [3.05, 3.63) is 25.0 Å². The average molecular weight is 360 g/mol. The monoisotopic (exact) mass is 360 g/mol. The first-order valence-corrected chi connectivity index (χ1v) is 6.54. The van der Waals surface area contributed by atoms with Crippen molar-refractivity contribution in [2.75, 3.05) is 6.61 Å². The summed E-state index contributed by atoms with van der Waals surface area (Å²) in [4.78, 5) is 23.2. The molecule has 0 heterocycles. The Balaban J connectivity index is 5.04. The normalized spacial score (nSPS) is 14.6. The van der Waals surface area contributed by atoms with Crippen molar-refractivity contribution in [3.8, 4) is 0 Å². The van der Waals surface area contributed by atoms with Crippen LogP contribution in [0.5, 0.6) is 0 Å². The third kappa shape index (κ3) is 6.22. The third-order valence-corrected chi connectivity index (χ3v) is 2.76. The van der Waals surface area contributed by atoms with Crippen LogP contribution in [0, 0.1) is 0 Å². The van der Waals surface area contributed by atoms with Gasteiger partial charge in [0.25, 0.3) is 0 Å². The molecule has 0 aromatic rings. The predicted octanol–water partition coefficient (Wildman–Crippen LogP) is 3.07. The smallest absolute Gasteiger partial charge is 0.384 e. The summed E-state index contributed by atoms with van der Waals surface area (Å²) >= 11 is 2.50. The van der Waals surface area contributed by atoms with Crippen LogP contribution in [0.4, 0.5) is 17.6 Å². The van der Waals surface area contributed by atoms with E-state index in [0.29, 0.717) is 6.26 Å². The van der Waals surface area contributed by atoms with Crippen molar-refractivity contribution in [2.45, 2.75) is 37.2 Å². The Morgan fingerprint density at radius 2 is 1.78 bits per heavy atom. The van der Waals surface area contributed by atoms with E-state index in [1.54, 1.807) is 0 Å². The number of rotatable bonds is 9. The average Bonchev–Trinajstić information content (AvgIpc) is 2.37. The van der Waals surface area contributed by atoms with Gasteiger partial charge in [0, 0.05) is 18.9 Å². The zero-order chi connectivity index (χ0) is 18.5. The predicted molar refractivity (Wildman–Crippen MR) is 75.0 cm³/mol. The largest absolute Gasteiger partial charge is 0.430 e. The second kappa shape index (κ2) is 7.82. The van der Waals surface area contributed by atoms with Crippen molar-refractivity contribution in [2.24, 2.45) is 0 Å². The number of alkyl halides is 4. The second-order valence-electron chi connectivity index (χ2n) is 4.53. The van der Waals surface area contributed by atoms with Gasteiger partial charge < -0.3 is 14.2 Å². The van der Waals surface area contributed by atoms with Crippen molar-refractivity contribution in [1.29, 1.82) is 0 Å². The molecule has 0 saturated heterocycles. The lowest BCUT2D eigenvalue weighted by Gasteiger charge is -2.28. The minimum atomic E-state index is -4.58. The van der Waals surface area contributed by atoms with Gasteiger partial charge in [0.2, 0.25) is 0 Å². The van der Waals surface area contributed by atoms with Crippen molar-refractivity contribution < 1.29 is 41.4 Å². The lowest BCUT2D eigenvalue weighted by molar-refractivity contribution is -0.239. The molecule has 5 nitrogen and oxygen atoms in total. The molecule has 0 N–H and O–H groups in total. The first kappa shape index (κ1) is 21.4. The summed E-state index contributed by atoms with van der Waals surface area (Å²) in [5, 5.41) is -4.58. The maximum Gasteiger partial charge on any atom is 0.384 e. The summed E-state index contributed by atoms with van der Waals surface area (Å²) in [7, 11) is 0. The van der Waals surface area contributed by atoms with E-state index in [9.17, 15) is 27.2 Å². The number of hydrogen-bond donors (Lipinski definition) is 1. The van der Waals surface area contributed by atoms with E-state index >= 15 is 0 Å². The summed E-state index contributed by atoms with van der Waals surface area (Å²) in [6, 6.07) is 0. The molecule has 0 radical (unpaired) electrons. The van der Waals surface area contributed by atoms with Gasteiger partial charge in [-0.15, -0.1) is 0 Å². The number of esters is 2. The molecule has 23 heavy (non-hydrogen) atoms. The molecular weight excluding hydrogens is 344 g/mol. The van der Waals surface area contributed by atoms with E-state index in [1.807, 2.05) is 0 Å². The lowest BCUT2D eigenvalue weighted by atomic mass is 10.2. The SMILES string of the molecule is C=COC(=O)C(C)(OCCC(F)(F)C(F)(F)S)OC(=O)C(=C)C. The molecule has 0 rings (SSSR count). The number of halogens is 4. The van der Waals surface area contributed by atoms with Crippen LogP contribution in [-0.4, -0.2) is 35.5 Å². The topological polar surface area (TPSA) is 61.8 Å². The van der Waals surface area contributed by atoms with E-state index in [2.05, 4.69) is 35.3 Å². The van der Waals surface area contributed by atoms with E-state index < -0.39 is 41.9 Å². The van der Waals surface area contributed by atoms with Gasteiger partial charge in [-0.25, -0.2) is 9.59 Å². The van der Waals surface area contributed by atoms with Gasteiger partial charge in [0.1, 0.15) is 0 Å². The Labute approximate surface area is 135 Å². The molecule has 0 spiro atoms. The maximum atomic E-state index is 13.1. The van der Waals surface area contributed by atoms with Crippen LogP contribution in [-0.2, 0) is 23.8 Å². The zero-order valence-corrected chi connectivity index (χ0v) is 13.3. The van der Waals surface area contributed by atoms with Crippen molar-refractivity contribution in [3.63, 3.8) is 0 Å². The van der Waals surface area contributed by atoms with Gasteiger partial charge >= 0.3 is 28.9 Å². The van der Waals surface area contributed by atoms with Gasteiger partial charge in [-0.05, 0) is 6.92 Å². The summed E-state index contributed by atoms with van der Waals surface area (Å²) in [6.07, 6.45) is -0.792. The molecule has 0 saturated carbocycles. The highest BCUT2D eigenvalue weighted by atomic mass is 32.1. The van der Waals surface area contributed by atoms with Gasteiger partial charge in [0.15, 0.2) is 0 Å². The van der Waals surface area contributed by atoms with Crippen LogP contribution in [0.2, 0.25) is 0 Å². The number of hydrogen-bond acceptors (Lipinski definition) is 6. The van der Waals surface area contributed by atoms with Crippen molar-refractivity contribution in [1.82, 2.24) is 0 Å². The number of ether oxygens (including phenoxy) is 3. The quantitative estimate of drug-likeness (QED) is 0.171. The Morgan fingerprint density at radius 1 is 1.26 bits per heavy atom. The second-order valence-corrected chi connectivity index (χ2v) is 5.09. The van der Waals surface area contributed by atoms with E-state index in [4.69, 9.17) is 4.74 Å². The summed E-state index contributed by atoms with van der Waals surface area (Å²) in [6.45, 7) is 7.47. The van der Waals surface area contributed by atoms with Gasteiger partial charge in [-0.3, -0.25) is 0 Å². The number of carbonyl (C=O) groups excluding carboxylic acids is 2. The van der Waals surface area contributed by atoms with Crippen LogP contribution in [0.3, 0.4) is 0 Å². The Bertz CT molecular complexity index is 489.